The van der Waals surface area contributed by atoms with Crippen molar-refractivity contribution in [1.29, 1.82) is 0 Å². The monoisotopic (exact) mass is 425 g/mol. The minimum Gasteiger partial charge on any atom is -0.497 e. The van der Waals surface area contributed by atoms with E-state index in [2.05, 4.69) is 6.07 Å². The molecule has 1 aliphatic rings. The van der Waals surface area contributed by atoms with Crippen LogP contribution in [-0.4, -0.2) is 17.5 Å². The molecular formula is C27H23NO4. The lowest BCUT2D eigenvalue weighted by molar-refractivity contribution is 0.101. The van der Waals surface area contributed by atoms with Gasteiger partial charge < -0.3 is 18.8 Å². The second-order valence-corrected chi connectivity index (χ2v) is 7.85. The molecule has 4 aromatic rings. The van der Waals surface area contributed by atoms with Gasteiger partial charge in [-0.25, -0.2) is 0 Å². The molecule has 5 nitrogen and oxygen atoms in total. The second-order valence-electron chi connectivity index (χ2n) is 7.85. The number of hydrogen-bond acceptors (Lipinski definition) is 4. The van der Waals surface area contributed by atoms with Gasteiger partial charge >= 0.3 is 0 Å². The Bertz CT molecular complexity index is 1360. The number of carbonyl (C=O) groups is 1. The molecule has 5 heteroatoms. The normalized spacial score (nSPS) is 14.0. The number of aromatic nitrogens is 1. The number of rotatable bonds is 5. The average Bonchev–Trinajstić information content (AvgIpc) is 3.31. The van der Waals surface area contributed by atoms with E-state index < -0.39 is 0 Å². The number of ketones is 1. The smallest absolute Gasteiger partial charge is 0.231 e. The average molecular weight is 425 g/mol. The molecular weight excluding hydrogens is 402 g/mol. The molecule has 160 valence electrons. The Balaban J connectivity index is 1.40. The van der Waals surface area contributed by atoms with E-state index >= 15 is 0 Å². The van der Waals surface area contributed by atoms with E-state index in [1.165, 1.54) is 0 Å². The number of methoxy groups -OCH3 is 1. The molecule has 0 aliphatic carbocycles. The summed E-state index contributed by atoms with van der Waals surface area (Å²) in [6.07, 6.45) is 3.83. The minimum absolute atomic E-state index is 0.113. The quantitative estimate of drug-likeness (QED) is 0.386. The van der Waals surface area contributed by atoms with E-state index in [1.807, 2.05) is 79.3 Å². The van der Waals surface area contributed by atoms with E-state index in [9.17, 15) is 4.79 Å². The first-order valence-corrected chi connectivity index (χ1v) is 10.4. The largest absolute Gasteiger partial charge is 0.497 e. The predicted molar refractivity (Wildman–Crippen MR) is 124 cm³/mol. The van der Waals surface area contributed by atoms with E-state index in [1.54, 1.807) is 13.2 Å². The van der Waals surface area contributed by atoms with E-state index in [0.717, 1.165) is 33.3 Å². The molecule has 0 atom stereocenters. The summed E-state index contributed by atoms with van der Waals surface area (Å²) in [4.78, 5) is 13.0. The standard InChI is InChI=1S/C27H23NO4/c1-17-24(31-16-18-8-10-20(30-3)11-9-18)13-12-22-26(29)25(32-27(17)22)14-19-15-28(2)23-7-5-4-6-21(19)23/h4-15H,16H2,1-3H3/b25-14+. The zero-order chi connectivity index (χ0) is 22.2. The molecule has 0 spiro atoms. The van der Waals surface area contributed by atoms with Gasteiger partial charge in [-0.1, -0.05) is 30.3 Å². The number of Topliss-reactive ketones (excluding diaryl/α,β-unsaturated/α-hetero) is 1. The van der Waals surface area contributed by atoms with Crippen molar-refractivity contribution in [1.82, 2.24) is 4.57 Å². The lowest BCUT2D eigenvalue weighted by atomic mass is 10.1. The van der Waals surface area contributed by atoms with Crippen LogP contribution in [0.25, 0.3) is 17.0 Å². The van der Waals surface area contributed by atoms with Crippen LogP contribution in [0.5, 0.6) is 17.2 Å². The molecule has 0 unspecified atom stereocenters. The van der Waals surface area contributed by atoms with Gasteiger partial charge in [0.15, 0.2) is 5.76 Å². The van der Waals surface area contributed by atoms with Gasteiger partial charge in [0.25, 0.3) is 0 Å². The number of fused-ring (bicyclic) bond motifs is 2. The summed E-state index contributed by atoms with van der Waals surface area (Å²) in [6, 6.07) is 19.4. The number of allylic oxidation sites excluding steroid dienone is 1. The van der Waals surface area contributed by atoms with Crippen LogP contribution >= 0.6 is 0 Å². The van der Waals surface area contributed by atoms with Gasteiger partial charge in [0.1, 0.15) is 23.9 Å². The summed E-state index contributed by atoms with van der Waals surface area (Å²) in [5.74, 6) is 2.27. The number of ether oxygens (including phenoxy) is 3. The number of benzene rings is 3. The fourth-order valence-corrected chi connectivity index (χ4v) is 4.04. The number of carbonyl (C=O) groups excluding carboxylic acids is 1. The zero-order valence-corrected chi connectivity index (χ0v) is 18.2. The summed E-state index contributed by atoms with van der Waals surface area (Å²) in [7, 11) is 3.64. The maximum Gasteiger partial charge on any atom is 0.231 e. The molecule has 2 heterocycles. The predicted octanol–water partition coefficient (Wildman–Crippen LogP) is 5.69. The summed E-state index contributed by atoms with van der Waals surface area (Å²) < 4.78 is 19.3. The number of para-hydroxylation sites is 1. The minimum atomic E-state index is -0.113. The van der Waals surface area contributed by atoms with Gasteiger partial charge in [-0.15, -0.1) is 0 Å². The van der Waals surface area contributed by atoms with Crippen LogP contribution < -0.4 is 14.2 Å². The fraction of sp³-hybridized carbons (Fsp3) is 0.148. The van der Waals surface area contributed by atoms with Crippen molar-refractivity contribution in [2.75, 3.05) is 7.11 Å². The third-order valence-corrected chi connectivity index (χ3v) is 5.80. The first-order valence-electron chi connectivity index (χ1n) is 10.4. The summed E-state index contributed by atoms with van der Waals surface area (Å²) >= 11 is 0. The molecule has 0 saturated carbocycles. The Morgan fingerprint density at radius 3 is 2.59 bits per heavy atom. The number of aryl methyl sites for hydroxylation is 1. The Morgan fingerprint density at radius 1 is 1.03 bits per heavy atom. The molecule has 3 aromatic carbocycles. The van der Waals surface area contributed by atoms with Crippen LogP contribution in [-0.2, 0) is 13.7 Å². The number of hydrogen-bond donors (Lipinski definition) is 0. The van der Waals surface area contributed by atoms with Crippen LogP contribution in [0.15, 0.2) is 72.6 Å². The maximum atomic E-state index is 13.0. The lowest BCUT2D eigenvalue weighted by Gasteiger charge is -2.12. The van der Waals surface area contributed by atoms with Crippen molar-refractivity contribution >= 4 is 22.8 Å². The summed E-state index contributed by atoms with van der Waals surface area (Å²) in [6.45, 7) is 2.33. The molecule has 5 rings (SSSR count). The van der Waals surface area contributed by atoms with Gasteiger partial charge in [-0.2, -0.15) is 0 Å². The highest BCUT2D eigenvalue weighted by molar-refractivity contribution is 6.15. The first kappa shape index (κ1) is 19.9. The maximum absolute atomic E-state index is 13.0. The second kappa shape index (κ2) is 7.93. The van der Waals surface area contributed by atoms with Crippen LogP contribution in [0.1, 0.15) is 27.0 Å². The van der Waals surface area contributed by atoms with Crippen LogP contribution in [0.4, 0.5) is 0 Å². The highest BCUT2D eigenvalue weighted by atomic mass is 16.5. The Morgan fingerprint density at radius 2 is 1.81 bits per heavy atom. The summed E-state index contributed by atoms with van der Waals surface area (Å²) in [5, 5.41) is 1.08. The van der Waals surface area contributed by atoms with Gasteiger partial charge in [0, 0.05) is 35.3 Å². The third-order valence-electron chi connectivity index (χ3n) is 5.80. The highest BCUT2D eigenvalue weighted by Crippen LogP contribution is 2.40. The van der Waals surface area contributed by atoms with Crippen LogP contribution in [0, 0.1) is 6.92 Å². The van der Waals surface area contributed by atoms with Crippen LogP contribution in [0.3, 0.4) is 0 Å². The molecule has 1 aromatic heterocycles. The van der Waals surface area contributed by atoms with Crippen molar-refractivity contribution in [3.63, 3.8) is 0 Å². The van der Waals surface area contributed by atoms with Crippen molar-refractivity contribution in [2.24, 2.45) is 7.05 Å². The SMILES string of the molecule is COc1ccc(COc2ccc3c(c2C)O/C(=C/c2cn(C)c4ccccc24)C3=O)cc1. The molecule has 0 radical (unpaired) electrons. The van der Waals surface area contributed by atoms with E-state index in [0.29, 0.717) is 29.4 Å². The van der Waals surface area contributed by atoms with Gasteiger partial charge in [0.05, 0.1) is 12.7 Å². The Kier molecular flexibility index (Phi) is 4.94. The third kappa shape index (κ3) is 3.42. The van der Waals surface area contributed by atoms with Crippen molar-refractivity contribution in [3.05, 3.63) is 94.9 Å². The van der Waals surface area contributed by atoms with Crippen LogP contribution in [0.2, 0.25) is 0 Å². The molecule has 32 heavy (non-hydrogen) atoms. The molecule has 0 N–H and O–H groups in total. The van der Waals surface area contributed by atoms with Crippen molar-refractivity contribution < 1.29 is 19.0 Å². The molecule has 0 saturated heterocycles. The van der Waals surface area contributed by atoms with E-state index in [-0.39, 0.29) is 5.78 Å². The Hall–Kier alpha value is -3.99. The van der Waals surface area contributed by atoms with Gasteiger partial charge in [0.2, 0.25) is 5.78 Å². The molecule has 0 amide bonds. The topological polar surface area (TPSA) is 49.7 Å². The molecule has 0 fully saturated rings. The molecule has 0 bridgehead atoms. The Labute approximate surface area is 186 Å². The van der Waals surface area contributed by atoms with Gasteiger partial charge in [-0.3, -0.25) is 4.79 Å². The van der Waals surface area contributed by atoms with E-state index in [4.69, 9.17) is 14.2 Å². The highest BCUT2D eigenvalue weighted by Gasteiger charge is 2.30. The summed E-state index contributed by atoms with van der Waals surface area (Å²) in [5.41, 5.74) is 4.45. The first-order chi connectivity index (χ1) is 15.5. The van der Waals surface area contributed by atoms with Gasteiger partial charge in [-0.05, 0) is 48.9 Å². The fourth-order valence-electron chi connectivity index (χ4n) is 4.04. The lowest BCUT2D eigenvalue weighted by Crippen LogP contribution is -1.98. The van der Waals surface area contributed by atoms with Crippen molar-refractivity contribution in [3.8, 4) is 17.2 Å². The molecule has 1 aliphatic heterocycles. The van der Waals surface area contributed by atoms with Crippen molar-refractivity contribution in [2.45, 2.75) is 13.5 Å². The number of nitrogens with zero attached hydrogens (tertiary/aromatic N) is 1. The zero-order valence-electron chi connectivity index (χ0n) is 18.2.